The van der Waals surface area contributed by atoms with Crippen molar-refractivity contribution in [1.29, 1.82) is 0 Å². The van der Waals surface area contributed by atoms with Gasteiger partial charge in [0.25, 0.3) is 0 Å². The minimum Gasteiger partial charge on any atom is -0.493 e. The van der Waals surface area contributed by atoms with E-state index in [1.807, 2.05) is 17.0 Å². The molecule has 0 aromatic heterocycles. The zero-order valence-corrected chi connectivity index (χ0v) is 22.3. The van der Waals surface area contributed by atoms with Crippen molar-refractivity contribution in [3.05, 3.63) is 23.8 Å². The van der Waals surface area contributed by atoms with E-state index in [0.29, 0.717) is 12.5 Å². The van der Waals surface area contributed by atoms with Gasteiger partial charge in [-0.25, -0.2) is 0 Å². The van der Waals surface area contributed by atoms with Crippen molar-refractivity contribution in [3.8, 4) is 11.5 Å². The van der Waals surface area contributed by atoms with Gasteiger partial charge in [-0.2, -0.15) is 0 Å². The molecule has 1 unspecified atom stereocenters. The average molecular weight is 571 g/mol. The minimum absolute atomic E-state index is 0. The fraction of sp³-hybridized carbons (Fsp3) is 0.680. The van der Waals surface area contributed by atoms with Crippen LogP contribution in [-0.4, -0.2) is 56.2 Å². The van der Waals surface area contributed by atoms with Crippen LogP contribution in [0.4, 0.5) is 0 Å². The van der Waals surface area contributed by atoms with E-state index >= 15 is 0 Å². The van der Waals surface area contributed by atoms with E-state index in [-0.39, 0.29) is 42.0 Å². The number of benzene rings is 1. The van der Waals surface area contributed by atoms with Crippen LogP contribution in [0, 0.1) is 5.92 Å². The summed E-state index contributed by atoms with van der Waals surface area (Å²) in [4.78, 5) is 19.2. The van der Waals surface area contributed by atoms with Gasteiger partial charge in [-0.1, -0.05) is 25.0 Å². The number of carbonyl (C=O) groups is 1. The van der Waals surface area contributed by atoms with E-state index in [2.05, 4.69) is 21.7 Å². The van der Waals surface area contributed by atoms with Crippen molar-refractivity contribution in [2.24, 2.45) is 10.9 Å². The topological polar surface area (TPSA) is 75.2 Å². The van der Waals surface area contributed by atoms with E-state index in [0.717, 1.165) is 68.2 Å². The predicted octanol–water partition coefficient (Wildman–Crippen LogP) is 4.09. The monoisotopic (exact) mass is 570 g/mol. The normalized spacial score (nSPS) is 21.7. The Kier molecular flexibility index (Phi) is 9.94. The van der Waals surface area contributed by atoms with Gasteiger partial charge in [-0.05, 0) is 51.0 Å². The van der Waals surface area contributed by atoms with Gasteiger partial charge in [0, 0.05) is 44.2 Å². The molecule has 3 fully saturated rings. The molecule has 1 heterocycles. The SMILES string of the molecule is CN=C(NCc1cccc(OC)c1OC1CCCC1)NC1CCN(C(=O)C2CCCC2)C1.I. The number of aliphatic imine (C=N–C) groups is 1. The minimum atomic E-state index is 0. The standard InChI is InChI=1S/C25H38N4O3.HI/c1-26-25(28-20-14-15-29(17-20)24(30)18-8-3-4-9-18)27-16-19-10-7-13-22(31-2)23(19)32-21-11-5-6-12-21;/h7,10,13,18,20-21H,3-6,8-9,11-12,14-17H2,1-2H3,(H2,26,27,28);1H. The van der Waals surface area contributed by atoms with Crippen LogP contribution in [0.2, 0.25) is 0 Å². The fourth-order valence-electron chi connectivity index (χ4n) is 5.24. The number of para-hydroxylation sites is 1. The van der Waals surface area contributed by atoms with Crippen molar-refractivity contribution < 1.29 is 14.3 Å². The summed E-state index contributed by atoms with van der Waals surface area (Å²) in [5, 5.41) is 6.93. The highest BCUT2D eigenvalue weighted by Gasteiger charge is 2.32. The number of methoxy groups -OCH3 is 1. The molecule has 0 spiro atoms. The maximum absolute atomic E-state index is 12.7. The molecule has 2 saturated carbocycles. The zero-order valence-electron chi connectivity index (χ0n) is 20.0. The molecule has 1 atom stereocenters. The number of nitrogens with one attached hydrogen (secondary N) is 2. The molecule has 8 heteroatoms. The molecule has 0 bridgehead atoms. The molecule has 1 amide bonds. The lowest BCUT2D eigenvalue weighted by Crippen LogP contribution is -2.45. The van der Waals surface area contributed by atoms with Crippen LogP contribution >= 0.6 is 24.0 Å². The molecule has 7 nitrogen and oxygen atoms in total. The molecule has 1 aromatic rings. The molecule has 1 aliphatic heterocycles. The maximum atomic E-state index is 12.7. The zero-order chi connectivity index (χ0) is 22.3. The van der Waals surface area contributed by atoms with Crippen LogP contribution in [-0.2, 0) is 11.3 Å². The quantitative estimate of drug-likeness (QED) is 0.294. The summed E-state index contributed by atoms with van der Waals surface area (Å²) in [6, 6.07) is 6.25. The lowest BCUT2D eigenvalue weighted by atomic mass is 10.1. The molecule has 1 aromatic carbocycles. The first-order valence-electron chi connectivity index (χ1n) is 12.3. The summed E-state index contributed by atoms with van der Waals surface area (Å²) < 4.78 is 11.9. The summed E-state index contributed by atoms with van der Waals surface area (Å²) in [6.45, 7) is 2.18. The lowest BCUT2D eigenvalue weighted by molar-refractivity contribution is -0.134. The summed E-state index contributed by atoms with van der Waals surface area (Å²) >= 11 is 0. The Bertz CT molecular complexity index is 807. The van der Waals surface area contributed by atoms with E-state index in [9.17, 15) is 4.79 Å². The Labute approximate surface area is 215 Å². The maximum Gasteiger partial charge on any atom is 0.225 e. The number of carbonyl (C=O) groups excluding carboxylic acids is 1. The third kappa shape index (κ3) is 6.67. The number of halogens is 1. The first kappa shape index (κ1) is 25.9. The number of hydrogen-bond acceptors (Lipinski definition) is 4. The number of guanidine groups is 1. The number of hydrogen-bond donors (Lipinski definition) is 2. The Morgan fingerprint density at radius 1 is 1.12 bits per heavy atom. The Hall–Kier alpha value is -1.71. The van der Waals surface area contributed by atoms with Crippen LogP contribution in [0.1, 0.15) is 63.4 Å². The third-order valence-corrected chi connectivity index (χ3v) is 7.08. The van der Waals surface area contributed by atoms with Gasteiger partial charge in [-0.3, -0.25) is 9.79 Å². The van der Waals surface area contributed by atoms with Crippen molar-refractivity contribution in [1.82, 2.24) is 15.5 Å². The van der Waals surface area contributed by atoms with Crippen molar-refractivity contribution in [2.75, 3.05) is 27.2 Å². The molecule has 0 radical (unpaired) electrons. The number of ether oxygens (including phenoxy) is 2. The number of nitrogens with zero attached hydrogens (tertiary/aromatic N) is 2. The number of likely N-dealkylation sites (tertiary alicyclic amines) is 1. The van der Waals surface area contributed by atoms with Gasteiger partial charge < -0.3 is 25.0 Å². The van der Waals surface area contributed by atoms with Crippen molar-refractivity contribution in [3.63, 3.8) is 0 Å². The first-order chi connectivity index (χ1) is 15.7. The van der Waals surface area contributed by atoms with Crippen molar-refractivity contribution in [2.45, 2.75) is 76.5 Å². The van der Waals surface area contributed by atoms with Gasteiger partial charge in [0.05, 0.1) is 13.2 Å². The first-order valence-corrected chi connectivity index (χ1v) is 12.3. The number of rotatable bonds is 7. The second-order valence-corrected chi connectivity index (χ2v) is 9.29. The highest BCUT2D eigenvalue weighted by Crippen LogP contribution is 2.35. The van der Waals surface area contributed by atoms with Crippen molar-refractivity contribution >= 4 is 35.8 Å². The highest BCUT2D eigenvalue weighted by molar-refractivity contribution is 14.0. The molecule has 3 aliphatic rings. The van der Waals surface area contributed by atoms with Gasteiger partial charge in [0.2, 0.25) is 5.91 Å². The van der Waals surface area contributed by atoms with Crippen LogP contribution in [0.25, 0.3) is 0 Å². The Morgan fingerprint density at radius 3 is 2.55 bits per heavy atom. The summed E-state index contributed by atoms with van der Waals surface area (Å²) in [5.41, 5.74) is 1.06. The smallest absolute Gasteiger partial charge is 0.225 e. The average Bonchev–Trinajstić information content (AvgIpc) is 3.60. The number of amides is 1. The Morgan fingerprint density at radius 2 is 1.85 bits per heavy atom. The van der Waals surface area contributed by atoms with Gasteiger partial charge in [0.15, 0.2) is 17.5 Å². The molecule has 33 heavy (non-hydrogen) atoms. The van der Waals surface area contributed by atoms with Crippen LogP contribution in [0.3, 0.4) is 0 Å². The second kappa shape index (κ2) is 12.7. The van der Waals surface area contributed by atoms with Crippen LogP contribution in [0.5, 0.6) is 11.5 Å². The molecule has 1 saturated heterocycles. The highest BCUT2D eigenvalue weighted by atomic mass is 127. The summed E-state index contributed by atoms with van der Waals surface area (Å²) in [7, 11) is 3.47. The second-order valence-electron chi connectivity index (χ2n) is 9.29. The third-order valence-electron chi connectivity index (χ3n) is 7.08. The molecule has 4 rings (SSSR count). The lowest BCUT2D eigenvalue weighted by Gasteiger charge is -2.22. The summed E-state index contributed by atoms with van der Waals surface area (Å²) in [6.07, 6.45) is 10.4. The van der Waals surface area contributed by atoms with Crippen LogP contribution < -0.4 is 20.1 Å². The van der Waals surface area contributed by atoms with E-state index in [1.54, 1.807) is 14.2 Å². The molecule has 2 aliphatic carbocycles. The van der Waals surface area contributed by atoms with E-state index in [1.165, 1.54) is 25.7 Å². The largest absolute Gasteiger partial charge is 0.493 e. The van der Waals surface area contributed by atoms with Gasteiger partial charge in [0.1, 0.15) is 0 Å². The summed E-state index contributed by atoms with van der Waals surface area (Å²) in [5.74, 6) is 2.95. The van der Waals surface area contributed by atoms with E-state index in [4.69, 9.17) is 9.47 Å². The predicted molar refractivity (Wildman–Crippen MR) is 142 cm³/mol. The molecule has 2 N–H and O–H groups in total. The molecule has 184 valence electrons. The molecular weight excluding hydrogens is 531 g/mol. The van der Waals surface area contributed by atoms with Gasteiger partial charge >= 0.3 is 0 Å². The Balaban J connectivity index is 0.00000306. The molecular formula is C25H39IN4O3. The fourth-order valence-corrected chi connectivity index (χ4v) is 5.24. The van der Waals surface area contributed by atoms with Gasteiger partial charge in [-0.15, -0.1) is 24.0 Å². The van der Waals surface area contributed by atoms with E-state index < -0.39 is 0 Å². The van der Waals surface area contributed by atoms with Crippen LogP contribution in [0.15, 0.2) is 23.2 Å².